The number of carbonyl (C=O) groups is 1. The van der Waals surface area contributed by atoms with Gasteiger partial charge in [-0.3, -0.25) is 4.79 Å². The molecule has 4 rings (SSSR count). The van der Waals surface area contributed by atoms with Crippen LogP contribution in [-0.2, 0) is 6.42 Å². The van der Waals surface area contributed by atoms with Crippen LogP contribution in [0.15, 0.2) is 71.9 Å². The third kappa shape index (κ3) is 10.5. The molecule has 4 N–H and O–H groups in total. The molecule has 0 aliphatic carbocycles. The van der Waals surface area contributed by atoms with Gasteiger partial charge in [0.05, 0.1) is 11.1 Å². The highest BCUT2D eigenvalue weighted by atomic mass is 16.4. The van der Waals surface area contributed by atoms with Gasteiger partial charge < -0.3 is 30.5 Å². The fraction of sp³-hybridized carbons (Fsp3) is 0.382. The number of rotatable bonds is 12. The summed E-state index contributed by atoms with van der Waals surface area (Å²) >= 11 is 0. The quantitative estimate of drug-likeness (QED) is 0.204. The Morgan fingerprint density at radius 3 is 2.26 bits per heavy atom. The Morgan fingerprint density at radius 1 is 1.00 bits per heavy atom. The van der Waals surface area contributed by atoms with Crippen LogP contribution in [0.4, 0.5) is 11.5 Å². The SMILES string of the molecule is C=C(Nc1ccc(CCN2CCN(CC)CC2)cc1)c1c(/C=C(\C)Nc2ccc(C(=O)O)cn2)cc[nH]c1=O.CCCC. The molecule has 3 heterocycles. The third-order valence-corrected chi connectivity index (χ3v) is 7.38. The van der Waals surface area contributed by atoms with Crippen LogP contribution in [0.25, 0.3) is 11.8 Å². The van der Waals surface area contributed by atoms with Crippen molar-refractivity contribution in [1.29, 1.82) is 0 Å². The summed E-state index contributed by atoms with van der Waals surface area (Å²) in [6.45, 7) is 19.3. The number of aromatic amines is 1. The Balaban J connectivity index is 0.00000119. The third-order valence-electron chi connectivity index (χ3n) is 7.38. The average Bonchev–Trinajstić information content (AvgIpc) is 3.01. The van der Waals surface area contributed by atoms with E-state index >= 15 is 0 Å². The molecule has 0 spiro atoms. The van der Waals surface area contributed by atoms with Crippen molar-refractivity contribution >= 4 is 29.2 Å². The van der Waals surface area contributed by atoms with E-state index in [-0.39, 0.29) is 11.1 Å². The smallest absolute Gasteiger partial charge is 0.337 e. The highest BCUT2D eigenvalue weighted by molar-refractivity contribution is 5.87. The lowest BCUT2D eigenvalue weighted by atomic mass is 10.1. The van der Waals surface area contributed by atoms with E-state index in [0.717, 1.165) is 57.1 Å². The van der Waals surface area contributed by atoms with Crippen molar-refractivity contribution in [3.63, 3.8) is 0 Å². The van der Waals surface area contributed by atoms with Crippen molar-refractivity contribution in [2.75, 3.05) is 49.9 Å². The van der Waals surface area contributed by atoms with E-state index < -0.39 is 5.97 Å². The largest absolute Gasteiger partial charge is 0.478 e. The first-order valence-corrected chi connectivity index (χ1v) is 15.1. The van der Waals surface area contributed by atoms with Crippen molar-refractivity contribution in [3.05, 3.63) is 99.7 Å². The van der Waals surface area contributed by atoms with Crippen molar-refractivity contribution in [1.82, 2.24) is 19.8 Å². The van der Waals surface area contributed by atoms with Gasteiger partial charge >= 0.3 is 5.97 Å². The zero-order chi connectivity index (χ0) is 31.2. The van der Waals surface area contributed by atoms with Crippen molar-refractivity contribution in [3.8, 4) is 0 Å². The number of aromatic nitrogens is 2. The van der Waals surface area contributed by atoms with E-state index in [1.807, 2.05) is 25.1 Å². The Morgan fingerprint density at radius 2 is 1.67 bits per heavy atom. The van der Waals surface area contributed by atoms with E-state index in [4.69, 9.17) is 5.11 Å². The second-order valence-corrected chi connectivity index (χ2v) is 10.7. The molecule has 1 aliphatic heterocycles. The molecule has 1 aliphatic rings. The molecule has 1 fully saturated rings. The maximum absolute atomic E-state index is 12.8. The van der Waals surface area contributed by atoms with Gasteiger partial charge in [0, 0.05) is 62.2 Å². The van der Waals surface area contributed by atoms with Crippen LogP contribution in [0.2, 0.25) is 0 Å². The van der Waals surface area contributed by atoms with Crippen LogP contribution < -0.4 is 16.2 Å². The molecule has 0 bridgehead atoms. The monoisotopic (exact) mass is 586 g/mol. The standard InChI is InChI=1S/C30H36N6O3.C4H10/c1-4-35-15-17-36(18-16-35)14-12-23-5-8-26(9-6-23)34-22(3)28-24(11-13-31-29(28)37)19-21(2)33-27-10-7-25(20-32-27)30(38)39;1-3-4-2/h5-11,13,19-20,34H,3-4,12,14-18H2,1-2H3,(H,31,37)(H,32,33)(H,38,39);3-4H2,1-2H3/b21-19+;. The van der Waals surface area contributed by atoms with Crippen LogP contribution >= 0.6 is 0 Å². The lowest BCUT2D eigenvalue weighted by Crippen LogP contribution is -2.46. The van der Waals surface area contributed by atoms with Crippen LogP contribution in [0.3, 0.4) is 0 Å². The van der Waals surface area contributed by atoms with Crippen LogP contribution in [0.5, 0.6) is 0 Å². The molecule has 0 saturated carbocycles. The van der Waals surface area contributed by atoms with E-state index in [1.54, 1.807) is 18.3 Å². The molecule has 0 radical (unpaired) electrons. The number of carboxylic acid groups (broad SMARTS) is 1. The molecule has 0 atom stereocenters. The van der Waals surface area contributed by atoms with Crippen molar-refractivity contribution in [2.24, 2.45) is 0 Å². The summed E-state index contributed by atoms with van der Waals surface area (Å²) in [6, 6.07) is 13.1. The number of hydrogen-bond acceptors (Lipinski definition) is 7. The second-order valence-electron chi connectivity index (χ2n) is 10.7. The summed E-state index contributed by atoms with van der Waals surface area (Å²) in [6.07, 6.45) is 8.35. The molecule has 9 nitrogen and oxygen atoms in total. The minimum absolute atomic E-state index is 0.111. The Kier molecular flexibility index (Phi) is 13.2. The number of allylic oxidation sites excluding steroid dienone is 1. The zero-order valence-corrected chi connectivity index (χ0v) is 25.9. The molecular formula is C34H46N6O3. The van der Waals surface area contributed by atoms with Crippen LogP contribution in [0.1, 0.15) is 67.6 Å². The predicted octanol–water partition coefficient (Wildman–Crippen LogP) is 6.01. The number of nitrogens with one attached hydrogen (secondary N) is 3. The van der Waals surface area contributed by atoms with Crippen LogP contribution in [0, 0.1) is 0 Å². The van der Waals surface area contributed by atoms with E-state index in [9.17, 15) is 9.59 Å². The maximum atomic E-state index is 12.8. The van der Waals surface area contributed by atoms with Crippen molar-refractivity contribution < 1.29 is 9.90 Å². The van der Waals surface area contributed by atoms with Gasteiger partial charge in [0.1, 0.15) is 5.82 Å². The Bertz CT molecular complexity index is 1400. The summed E-state index contributed by atoms with van der Waals surface area (Å²) in [5, 5.41) is 15.4. The highest BCUT2D eigenvalue weighted by Crippen LogP contribution is 2.21. The number of piperazine rings is 1. The van der Waals surface area contributed by atoms with Gasteiger partial charge in [0.15, 0.2) is 0 Å². The molecule has 2 aromatic heterocycles. The molecule has 0 amide bonds. The minimum atomic E-state index is -1.03. The molecule has 43 heavy (non-hydrogen) atoms. The van der Waals surface area contributed by atoms with E-state index in [2.05, 4.69) is 69.9 Å². The van der Waals surface area contributed by atoms with Gasteiger partial charge in [0.2, 0.25) is 0 Å². The fourth-order valence-electron chi connectivity index (χ4n) is 4.60. The number of unbranched alkanes of at least 4 members (excludes halogenated alkanes) is 1. The molecule has 9 heteroatoms. The first-order chi connectivity index (χ1) is 20.7. The lowest BCUT2D eigenvalue weighted by Gasteiger charge is -2.34. The van der Waals surface area contributed by atoms with Gasteiger partial charge in [-0.15, -0.1) is 0 Å². The summed E-state index contributed by atoms with van der Waals surface area (Å²) in [7, 11) is 0. The average molecular weight is 587 g/mol. The van der Waals surface area contributed by atoms with E-state index in [1.165, 1.54) is 30.7 Å². The van der Waals surface area contributed by atoms with Gasteiger partial charge in [0.25, 0.3) is 5.56 Å². The Hall–Kier alpha value is -4.21. The number of hydrogen-bond donors (Lipinski definition) is 4. The van der Waals surface area contributed by atoms with Gasteiger partial charge in [-0.2, -0.15) is 0 Å². The fourth-order valence-corrected chi connectivity index (χ4v) is 4.60. The molecule has 230 valence electrons. The zero-order valence-electron chi connectivity index (χ0n) is 25.9. The topological polar surface area (TPSA) is 114 Å². The first kappa shape index (κ1) is 33.3. The van der Waals surface area contributed by atoms with E-state index in [0.29, 0.717) is 22.6 Å². The van der Waals surface area contributed by atoms with Gasteiger partial charge in [-0.05, 0) is 67.4 Å². The first-order valence-electron chi connectivity index (χ1n) is 15.1. The summed E-state index contributed by atoms with van der Waals surface area (Å²) in [4.78, 5) is 35.7. The molecule has 0 unspecified atom stereocenters. The summed E-state index contributed by atoms with van der Waals surface area (Å²) < 4.78 is 0. The molecule has 1 aromatic carbocycles. The number of carboxylic acids is 1. The van der Waals surface area contributed by atoms with Gasteiger partial charge in [-0.25, -0.2) is 9.78 Å². The minimum Gasteiger partial charge on any atom is -0.478 e. The normalized spacial score (nSPS) is 14.0. The predicted molar refractivity (Wildman–Crippen MR) is 177 cm³/mol. The molecular weight excluding hydrogens is 540 g/mol. The highest BCUT2D eigenvalue weighted by Gasteiger charge is 2.15. The number of anilines is 2. The summed E-state index contributed by atoms with van der Waals surface area (Å²) in [5.41, 5.74) is 4.32. The number of likely N-dealkylation sites (N-methyl/N-ethyl adjacent to an activating group) is 1. The molecule has 3 aromatic rings. The molecule has 1 saturated heterocycles. The lowest BCUT2D eigenvalue weighted by molar-refractivity contribution is 0.0696. The number of pyridine rings is 2. The number of aromatic carboxylic acids is 1. The van der Waals surface area contributed by atoms with Crippen molar-refractivity contribution in [2.45, 2.75) is 47.0 Å². The number of nitrogens with zero attached hydrogens (tertiary/aromatic N) is 3. The Labute approximate surface area is 255 Å². The second kappa shape index (κ2) is 17.0. The summed E-state index contributed by atoms with van der Waals surface area (Å²) in [5.74, 6) is -0.531. The number of H-pyrrole nitrogens is 1. The maximum Gasteiger partial charge on any atom is 0.337 e. The van der Waals surface area contributed by atoms with Gasteiger partial charge in [-0.1, -0.05) is 52.3 Å². The number of benzene rings is 1. The van der Waals surface area contributed by atoms with Crippen LogP contribution in [-0.4, -0.2) is 70.1 Å².